The summed E-state index contributed by atoms with van der Waals surface area (Å²) in [6.07, 6.45) is 4.10. The van der Waals surface area contributed by atoms with Crippen LogP contribution in [0.5, 0.6) is 0 Å². The van der Waals surface area contributed by atoms with Crippen LogP contribution >= 0.6 is 11.8 Å². The second kappa shape index (κ2) is 9.23. The van der Waals surface area contributed by atoms with Gasteiger partial charge in [-0.3, -0.25) is 0 Å². The van der Waals surface area contributed by atoms with Crippen LogP contribution in [-0.2, 0) is 11.2 Å². The zero-order valence-electron chi connectivity index (χ0n) is 16.8. The molecule has 31 heavy (non-hydrogen) atoms. The summed E-state index contributed by atoms with van der Waals surface area (Å²) in [4.78, 5) is 12.6. The Bertz CT molecular complexity index is 1110. The highest BCUT2D eigenvalue weighted by Crippen LogP contribution is 2.27. The van der Waals surface area contributed by atoms with Gasteiger partial charge >= 0.3 is 0 Å². The van der Waals surface area contributed by atoms with Gasteiger partial charge in [-0.1, -0.05) is 23.9 Å². The van der Waals surface area contributed by atoms with Gasteiger partial charge in [0.1, 0.15) is 17.2 Å². The SMILES string of the molecule is c1cc(Sc2ccc(-n3cnnn3)cc2)nc(Cc2ccc(N3CCOCC3)cc2)n1. The molecule has 5 rings (SSSR count). The molecule has 2 aromatic carbocycles. The standard InChI is InChI=1S/C22H21N7OS/c1-3-18(28-11-13-30-14-12-28)4-2-17(1)15-21-23-10-9-22(25-21)31-20-7-5-19(6-8-20)29-16-24-26-27-29/h1-10,16H,11-15H2. The van der Waals surface area contributed by atoms with E-state index in [1.54, 1.807) is 22.8 Å². The van der Waals surface area contributed by atoms with Crippen LogP contribution < -0.4 is 4.90 Å². The number of hydrogen-bond donors (Lipinski definition) is 0. The molecule has 0 unspecified atom stereocenters. The first-order valence-electron chi connectivity index (χ1n) is 10.1. The Labute approximate surface area is 184 Å². The van der Waals surface area contributed by atoms with Crippen LogP contribution in [0.1, 0.15) is 11.4 Å². The van der Waals surface area contributed by atoms with Crippen molar-refractivity contribution >= 4 is 17.4 Å². The summed E-state index contributed by atoms with van der Waals surface area (Å²) in [5.74, 6) is 0.814. The minimum absolute atomic E-state index is 0.704. The number of benzene rings is 2. The Morgan fingerprint density at radius 2 is 1.68 bits per heavy atom. The van der Waals surface area contributed by atoms with Crippen LogP contribution in [0.15, 0.2) is 77.0 Å². The van der Waals surface area contributed by atoms with Crippen molar-refractivity contribution in [1.82, 2.24) is 30.2 Å². The molecule has 1 aliphatic rings. The molecule has 0 bridgehead atoms. The lowest BCUT2D eigenvalue weighted by atomic mass is 10.1. The Morgan fingerprint density at radius 1 is 0.903 bits per heavy atom. The number of aromatic nitrogens is 6. The van der Waals surface area contributed by atoms with Gasteiger partial charge in [0.15, 0.2) is 0 Å². The first-order valence-corrected chi connectivity index (χ1v) is 10.9. The lowest BCUT2D eigenvalue weighted by Crippen LogP contribution is -2.36. The average Bonchev–Trinajstić information content (AvgIpc) is 3.36. The van der Waals surface area contributed by atoms with E-state index >= 15 is 0 Å². The molecule has 0 amide bonds. The lowest BCUT2D eigenvalue weighted by molar-refractivity contribution is 0.122. The van der Waals surface area contributed by atoms with E-state index in [4.69, 9.17) is 9.72 Å². The van der Waals surface area contributed by atoms with Crippen molar-refractivity contribution in [2.45, 2.75) is 16.3 Å². The molecule has 156 valence electrons. The summed E-state index contributed by atoms with van der Waals surface area (Å²) in [6.45, 7) is 3.47. The van der Waals surface area contributed by atoms with E-state index in [1.807, 2.05) is 36.5 Å². The molecule has 1 saturated heterocycles. The third kappa shape index (κ3) is 4.89. The molecule has 0 aliphatic carbocycles. The lowest BCUT2D eigenvalue weighted by Gasteiger charge is -2.28. The predicted molar refractivity (Wildman–Crippen MR) is 118 cm³/mol. The fourth-order valence-corrected chi connectivity index (χ4v) is 4.21. The minimum Gasteiger partial charge on any atom is -0.378 e. The zero-order valence-corrected chi connectivity index (χ0v) is 17.6. The average molecular weight is 432 g/mol. The number of morpholine rings is 1. The van der Waals surface area contributed by atoms with Crippen LogP contribution in [0.3, 0.4) is 0 Å². The Kier molecular flexibility index (Phi) is 5.85. The van der Waals surface area contributed by atoms with Crippen LogP contribution in [0, 0.1) is 0 Å². The van der Waals surface area contributed by atoms with Crippen molar-refractivity contribution in [3.8, 4) is 5.69 Å². The number of hydrogen-bond acceptors (Lipinski definition) is 8. The minimum atomic E-state index is 0.704. The number of anilines is 1. The Balaban J connectivity index is 1.24. The van der Waals surface area contributed by atoms with Gasteiger partial charge in [0.25, 0.3) is 0 Å². The molecule has 4 aromatic rings. The normalized spacial score (nSPS) is 14.0. The summed E-state index contributed by atoms with van der Waals surface area (Å²) in [5, 5.41) is 12.2. The van der Waals surface area contributed by atoms with Gasteiger partial charge in [-0.25, -0.2) is 14.6 Å². The molecule has 0 radical (unpaired) electrons. The highest BCUT2D eigenvalue weighted by molar-refractivity contribution is 7.99. The number of nitrogens with zero attached hydrogens (tertiary/aromatic N) is 7. The van der Waals surface area contributed by atoms with Crippen molar-refractivity contribution < 1.29 is 4.74 Å². The van der Waals surface area contributed by atoms with E-state index in [0.717, 1.165) is 47.7 Å². The maximum Gasteiger partial charge on any atom is 0.143 e. The second-order valence-electron chi connectivity index (χ2n) is 7.10. The topological polar surface area (TPSA) is 81.9 Å². The van der Waals surface area contributed by atoms with Gasteiger partial charge in [0, 0.05) is 36.3 Å². The second-order valence-corrected chi connectivity index (χ2v) is 8.20. The molecular formula is C22H21N7OS. The predicted octanol–water partition coefficient (Wildman–Crippen LogP) is 3.03. The van der Waals surface area contributed by atoms with Gasteiger partial charge < -0.3 is 9.64 Å². The van der Waals surface area contributed by atoms with Crippen LogP contribution in [-0.4, -0.2) is 56.5 Å². The molecular weight excluding hydrogens is 410 g/mol. The van der Waals surface area contributed by atoms with Crippen molar-refractivity contribution in [3.63, 3.8) is 0 Å². The third-order valence-corrected chi connectivity index (χ3v) is 5.97. The highest BCUT2D eigenvalue weighted by Gasteiger charge is 2.11. The maximum atomic E-state index is 5.43. The molecule has 0 N–H and O–H groups in total. The van der Waals surface area contributed by atoms with Gasteiger partial charge in [0.05, 0.1) is 18.9 Å². The first-order chi connectivity index (χ1) is 15.3. The number of tetrazole rings is 1. The van der Waals surface area contributed by atoms with Crippen molar-refractivity contribution in [1.29, 1.82) is 0 Å². The molecule has 0 saturated carbocycles. The molecule has 9 heteroatoms. The summed E-state index contributed by atoms with van der Waals surface area (Å²) in [6, 6.07) is 18.6. The first kappa shape index (κ1) is 19.7. The highest BCUT2D eigenvalue weighted by atomic mass is 32.2. The summed E-state index contributed by atoms with van der Waals surface area (Å²) >= 11 is 1.61. The molecule has 3 heterocycles. The van der Waals surface area contributed by atoms with E-state index in [-0.39, 0.29) is 0 Å². The molecule has 0 spiro atoms. The Morgan fingerprint density at radius 3 is 2.42 bits per heavy atom. The summed E-state index contributed by atoms with van der Waals surface area (Å²) < 4.78 is 7.06. The third-order valence-electron chi connectivity index (χ3n) is 5.03. The van der Waals surface area contributed by atoms with Gasteiger partial charge in [-0.05, 0) is 58.5 Å². The van der Waals surface area contributed by atoms with Crippen molar-refractivity contribution in [2.24, 2.45) is 0 Å². The van der Waals surface area contributed by atoms with Gasteiger partial charge in [-0.15, -0.1) is 5.10 Å². The molecule has 1 fully saturated rings. The quantitative estimate of drug-likeness (QED) is 0.431. The number of ether oxygens (including phenoxy) is 1. The van der Waals surface area contributed by atoms with E-state index in [9.17, 15) is 0 Å². The van der Waals surface area contributed by atoms with Crippen molar-refractivity contribution in [3.05, 3.63) is 78.5 Å². The summed E-state index contributed by atoms with van der Waals surface area (Å²) in [7, 11) is 0. The Hall–Kier alpha value is -3.30. The van der Waals surface area contributed by atoms with Gasteiger partial charge in [-0.2, -0.15) is 0 Å². The maximum absolute atomic E-state index is 5.43. The van der Waals surface area contributed by atoms with Crippen LogP contribution in [0.2, 0.25) is 0 Å². The zero-order chi connectivity index (χ0) is 20.9. The van der Waals surface area contributed by atoms with E-state index in [0.29, 0.717) is 6.42 Å². The van der Waals surface area contributed by atoms with E-state index in [2.05, 4.69) is 49.7 Å². The van der Waals surface area contributed by atoms with E-state index < -0.39 is 0 Å². The fraction of sp³-hybridized carbons (Fsp3) is 0.227. The number of rotatable bonds is 6. The molecule has 0 atom stereocenters. The molecule has 1 aliphatic heterocycles. The fourth-order valence-electron chi connectivity index (χ4n) is 3.42. The largest absolute Gasteiger partial charge is 0.378 e. The molecule has 8 nitrogen and oxygen atoms in total. The smallest absolute Gasteiger partial charge is 0.143 e. The monoisotopic (exact) mass is 431 g/mol. The van der Waals surface area contributed by atoms with Gasteiger partial charge in [0.2, 0.25) is 0 Å². The van der Waals surface area contributed by atoms with E-state index in [1.165, 1.54) is 11.3 Å². The van der Waals surface area contributed by atoms with Crippen molar-refractivity contribution in [2.75, 3.05) is 31.2 Å². The van der Waals surface area contributed by atoms with Crippen LogP contribution in [0.4, 0.5) is 5.69 Å². The van der Waals surface area contributed by atoms with Crippen LogP contribution in [0.25, 0.3) is 5.69 Å². The molecule has 2 aromatic heterocycles. The summed E-state index contributed by atoms with van der Waals surface area (Å²) in [5.41, 5.74) is 3.35.